The first kappa shape index (κ1) is 16.7. The van der Waals surface area contributed by atoms with Gasteiger partial charge in [-0.15, -0.1) is 0 Å². The molecule has 136 valence electrons. The smallest absolute Gasteiger partial charge is 0.255 e. The maximum Gasteiger partial charge on any atom is 0.255 e. The number of benzene rings is 1. The van der Waals surface area contributed by atoms with Gasteiger partial charge < -0.3 is 24.6 Å². The van der Waals surface area contributed by atoms with E-state index in [1.807, 2.05) is 29.2 Å². The molecule has 3 heterocycles. The standard InChI is InChI=1S/C19H22N4O3/c1-22-4-6-23(7-5-22)19(24)14-10-16(13-20-12-14)21-15-2-3-17-18(11-15)26-9-8-25-17/h2-3,10-13,21H,4-9H2,1H3. The number of hydrogen-bond donors (Lipinski definition) is 1. The average molecular weight is 354 g/mol. The molecule has 2 aliphatic rings. The Labute approximate surface area is 152 Å². The first-order chi connectivity index (χ1) is 12.7. The second kappa shape index (κ2) is 7.21. The van der Waals surface area contributed by atoms with Crippen LogP contribution in [0.1, 0.15) is 10.4 Å². The Morgan fingerprint density at radius 3 is 2.58 bits per heavy atom. The molecule has 0 unspecified atom stereocenters. The second-order valence-electron chi connectivity index (χ2n) is 6.54. The van der Waals surface area contributed by atoms with Crippen molar-refractivity contribution < 1.29 is 14.3 Å². The molecule has 1 aromatic heterocycles. The zero-order chi connectivity index (χ0) is 17.9. The largest absolute Gasteiger partial charge is 0.486 e. The van der Waals surface area contributed by atoms with E-state index in [0.717, 1.165) is 49.1 Å². The molecular weight excluding hydrogens is 332 g/mol. The van der Waals surface area contributed by atoms with Crippen molar-refractivity contribution in [3.63, 3.8) is 0 Å². The van der Waals surface area contributed by atoms with Crippen molar-refractivity contribution in [2.24, 2.45) is 0 Å². The van der Waals surface area contributed by atoms with Crippen molar-refractivity contribution in [3.05, 3.63) is 42.2 Å². The van der Waals surface area contributed by atoms with Crippen molar-refractivity contribution in [1.82, 2.24) is 14.8 Å². The van der Waals surface area contributed by atoms with Crippen LogP contribution in [0.25, 0.3) is 0 Å². The number of amides is 1. The minimum Gasteiger partial charge on any atom is -0.486 e. The summed E-state index contributed by atoms with van der Waals surface area (Å²) in [5, 5.41) is 3.28. The molecule has 1 N–H and O–H groups in total. The molecule has 1 fully saturated rings. The summed E-state index contributed by atoms with van der Waals surface area (Å²) in [6, 6.07) is 7.53. The molecule has 0 bridgehead atoms. The number of nitrogens with zero attached hydrogens (tertiary/aromatic N) is 3. The molecule has 1 amide bonds. The maximum absolute atomic E-state index is 12.7. The number of fused-ring (bicyclic) bond motifs is 1. The molecule has 1 aromatic carbocycles. The van der Waals surface area contributed by atoms with E-state index in [-0.39, 0.29) is 5.91 Å². The van der Waals surface area contributed by atoms with E-state index < -0.39 is 0 Å². The highest BCUT2D eigenvalue weighted by Crippen LogP contribution is 2.33. The molecule has 0 spiro atoms. The number of rotatable bonds is 3. The summed E-state index contributed by atoms with van der Waals surface area (Å²) in [5.74, 6) is 1.49. The fraction of sp³-hybridized carbons (Fsp3) is 0.368. The quantitative estimate of drug-likeness (QED) is 0.909. The molecule has 0 radical (unpaired) electrons. The number of piperazine rings is 1. The zero-order valence-electron chi connectivity index (χ0n) is 14.8. The van der Waals surface area contributed by atoms with Gasteiger partial charge in [0.25, 0.3) is 5.91 Å². The van der Waals surface area contributed by atoms with Crippen molar-refractivity contribution in [1.29, 1.82) is 0 Å². The molecule has 7 heteroatoms. The molecule has 0 aliphatic carbocycles. The van der Waals surface area contributed by atoms with Gasteiger partial charge in [0.15, 0.2) is 11.5 Å². The van der Waals surface area contributed by atoms with Crippen LogP contribution in [0.2, 0.25) is 0 Å². The van der Waals surface area contributed by atoms with E-state index in [1.54, 1.807) is 12.4 Å². The van der Waals surface area contributed by atoms with E-state index in [0.29, 0.717) is 18.8 Å². The molecule has 2 aromatic rings. The van der Waals surface area contributed by atoms with E-state index in [1.165, 1.54) is 0 Å². The minimum atomic E-state index is 0.0245. The third-order valence-electron chi connectivity index (χ3n) is 4.61. The van der Waals surface area contributed by atoms with Gasteiger partial charge >= 0.3 is 0 Å². The van der Waals surface area contributed by atoms with E-state index in [2.05, 4.69) is 22.2 Å². The summed E-state index contributed by atoms with van der Waals surface area (Å²) in [5.41, 5.74) is 2.22. The fourth-order valence-corrected chi connectivity index (χ4v) is 3.11. The molecule has 4 rings (SSSR count). The van der Waals surface area contributed by atoms with Gasteiger partial charge in [-0.1, -0.05) is 0 Å². The topological polar surface area (TPSA) is 66.9 Å². The van der Waals surface area contributed by atoms with Crippen LogP contribution in [-0.4, -0.2) is 67.1 Å². The highest BCUT2D eigenvalue weighted by Gasteiger charge is 2.21. The lowest BCUT2D eigenvalue weighted by molar-refractivity contribution is 0.0663. The number of hydrogen-bond acceptors (Lipinski definition) is 6. The van der Waals surface area contributed by atoms with Crippen LogP contribution in [0.15, 0.2) is 36.7 Å². The molecule has 7 nitrogen and oxygen atoms in total. The highest BCUT2D eigenvalue weighted by atomic mass is 16.6. The molecule has 0 atom stereocenters. The van der Waals surface area contributed by atoms with Crippen LogP contribution in [0.5, 0.6) is 11.5 Å². The number of carbonyl (C=O) groups is 1. The summed E-state index contributed by atoms with van der Waals surface area (Å²) < 4.78 is 11.1. The van der Waals surface area contributed by atoms with Gasteiger partial charge in [-0.05, 0) is 25.2 Å². The third-order valence-corrected chi connectivity index (χ3v) is 4.61. The van der Waals surface area contributed by atoms with Crippen LogP contribution in [0.3, 0.4) is 0 Å². The summed E-state index contributed by atoms with van der Waals surface area (Å²) in [7, 11) is 2.07. The summed E-state index contributed by atoms with van der Waals surface area (Å²) in [6.45, 7) is 4.40. The predicted octanol–water partition coefficient (Wildman–Crippen LogP) is 1.98. The van der Waals surface area contributed by atoms with Crippen LogP contribution >= 0.6 is 0 Å². The van der Waals surface area contributed by atoms with E-state index >= 15 is 0 Å². The fourth-order valence-electron chi connectivity index (χ4n) is 3.11. The van der Waals surface area contributed by atoms with Gasteiger partial charge in [-0.25, -0.2) is 0 Å². The van der Waals surface area contributed by atoms with Crippen molar-refractivity contribution in [2.75, 3.05) is 51.8 Å². The Balaban J connectivity index is 1.48. The number of anilines is 2. The first-order valence-corrected chi connectivity index (χ1v) is 8.78. The SMILES string of the molecule is CN1CCN(C(=O)c2cncc(Nc3ccc4c(c3)OCCO4)c2)CC1. The Kier molecular flexibility index (Phi) is 4.62. The molecular formula is C19H22N4O3. The van der Waals surface area contributed by atoms with Crippen LogP contribution < -0.4 is 14.8 Å². The highest BCUT2D eigenvalue weighted by molar-refractivity contribution is 5.95. The monoisotopic (exact) mass is 354 g/mol. The maximum atomic E-state index is 12.7. The van der Waals surface area contributed by atoms with Gasteiger partial charge in [0.05, 0.1) is 17.4 Å². The number of nitrogens with one attached hydrogen (secondary N) is 1. The molecule has 2 aliphatic heterocycles. The normalized spacial score (nSPS) is 17.0. The van der Waals surface area contributed by atoms with Gasteiger partial charge in [-0.3, -0.25) is 9.78 Å². The number of ether oxygens (including phenoxy) is 2. The zero-order valence-corrected chi connectivity index (χ0v) is 14.8. The Hall–Kier alpha value is -2.80. The van der Waals surface area contributed by atoms with Crippen molar-refractivity contribution >= 4 is 17.3 Å². The van der Waals surface area contributed by atoms with E-state index in [4.69, 9.17) is 9.47 Å². The lowest BCUT2D eigenvalue weighted by Gasteiger charge is -2.32. The van der Waals surface area contributed by atoms with Crippen LogP contribution in [0, 0.1) is 0 Å². The Morgan fingerprint density at radius 2 is 1.77 bits per heavy atom. The summed E-state index contributed by atoms with van der Waals surface area (Å²) in [6.07, 6.45) is 3.33. The Bertz CT molecular complexity index is 803. The molecule has 0 saturated carbocycles. The molecule has 26 heavy (non-hydrogen) atoms. The lowest BCUT2D eigenvalue weighted by Crippen LogP contribution is -2.47. The molecule has 1 saturated heterocycles. The van der Waals surface area contributed by atoms with E-state index in [9.17, 15) is 4.79 Å². The average Bonchev–Trinajstić information content (AvgIpc) is 2.68. The summed E-state index contributed by atoms with van der Waals surface area (Å²) >= 11 is 0. The lowest BCUT2D eigenvalue weighted by atomic mass is 10.2. The van der Waals surface area contributed by atoms with Gasteiger partial charge in [0.2, 0.25) is 0 Å². The van der Waals surface area contributed by atoms with Crippen LogP contribution in [0.4, 0.5) is 11.4 Å². The second-order valence-corrected chi connectivity index (χ2v) is 6.54. The van der Waals surface area contributed by atoms with Crippen molar-refractivity contribution in [2.45, 2.75) is 0 Å². The Morgan fingerprint density at radius 1 is 1.00 bits per heavy atom. The summed E-state index contributed by atoms with van der Waals surface area (Å²) in [4.78, 5) is 21.0. The number of pyridine rings is 1. The van der Waals surface area contributed by atoms with Gasteiger partial charge in [0, 0.05) is 44.1 Å². The first-order valence-electron chi connectivity index (χ1n) is 8.78. The number of likely N-dealkylation sites (N-methyl/N-ethyl adjacent to an activating group) is 1. The number of aromatic nitrogens is 1. The predicted molar refractivity (Wildman–Crippen MR) is 98.4 cm³/mol. The third kappa shape index (κ3) is 3.57. The van der Waals surface area contributed by atoms with Gasteiger partial charge in [0.1, 0.15) is 13.2 Å². The van der Waals surface area contributed by atoms with Gasteiger partial charge in [-0.2, -0.15) is 0 Å². The van der Waals surface area contributed by atoms with Crippen LogP contribution in [-0.2, 0) is 0 Å². The van der Waals surface area contributed by atoms with Crippen molar-refractivity contribution in [3.8, 4) is 11.5 Å². The number of carbonyl (C=O) groups excluding carboxylic acids is 1. The minimum absolute atomic E-state index is 0.0245.